The van der Waals surface area contributed by atoms with E-state index >= 15 is 0 Å². The van der Waals surface area contributed by atoms with E-state index in [-0.39, 0.29) is 24.4 Å². The maximum atomic E-state index is 9.25. The Morgan fingerprint density at radius 2 is 0.857 bits per heavy atom. The average molecular weight is 709 g/mol. The van der Waals surface area contributed by atoms with Gasteiger partial charge in [0, 0.05) is 48.7 Å². The van der Waals surface area contributed by atoms with Crippen LogP contribution in [-0.4, -0.2) is 94.5 Å². The molecule has 2 aliphatic heterocycles. The zero-order chi connectivity index (χ0) is 36.7. The van der Waals surface area contributed by atoms with Crippen LogP contribution in [0, 0.1) is 10.8 Å². The normalized spacial score (nSPS) is 14.7. The molecule has 16 nitrogen and oxygen atoms in total. The highest BCUT2D eigenvalue weighted by atomic mass is 32.3. The van der Waals surface area contributed by atoms with Gasteiger partial charge in [-0.15, -0.1) is 0 Å². The fourth-order valence-corrected chi connectivity index (χ4v) is 4.73. The van der Waals surface area contributed by atoms with Crippen molar-refractivity contribution in [3.63, 3.8) is 0 Å². The summed E-state index contributed by atoms with van der Waals surface area (Å²) in [4.78, 5) is 11.1. The van der Waals surface area contributed by atoms with Crippen molar-refractivity contribution in [2.75, 3.05) is 62.4 Å². The standard InChI is InChI=1S/2C16H24N3O3.H2O4S/c2*1-11(2)21-15-10-14(19-5-7-20-8-6-19)16(22-12(3)4)9-13(15)18-17;1-5(2,3)4/h2*9-12H,5-8H2,1-4H3;(H2,1,2,3,4)/q2*+1;/p-2. The van der Waals surface area contributed by atoms with E-state index < -0.39 is 10.4 Å². The summed E-state index contributed by atoms with van der Waals surface area (Å²) in [5.41, 5.74) is 2.64. The maximum Gasteiger partial charge on any atom is 0.430 e. The molecule has 0 N–H and O–H groups in total. The van der Waals surface area contributed by atoms with Crippen LogP contribution in [0.25, 0.3) is 9.95 Å². The summed E-state index contributed by atoms with van der Waals surface area (Å²) in [5, 5.41) is 18.5. The number of diazo groups is 2. The molecule has 2 aromatic rings. The van der Waals surface area contributed by atoms with E-state index in [1.165, 1.54) is 0 Å². The zero-order valence-electron chi connectivity index (χ0n) is 29.4. The fraction of sp³-hybridized carbons (Fsp3) is 0.625. The molecule has 0 bridgehead atoms. The van der Waals surface area contributed by atoms with E-state index in [9.17, 15) is 10.8 Å². The van der Waals surface area contributed by atoms with Gasteiger partial charge in [0.05, 0.1) is 74.4 Å². The second kappa shape index (κ2) is 19.8. The van der Waals surface area contributed by atoms with Crippen molar-refractivity contribution in [1.29, 1.82) is 10.8 Å². The summed E-state index contributed by atoms with van der Waals surface area (Å²) >= 11 is 0. The van der Waals surface area contributed by atoms with Crippen LogP contribution >= 0.6 is 0 Å². The number of nitrogens with zero attached hydrogens (tertiary/aromatic N) is 6. The average Bonchev–Trinajstić information content (AvgIpc) is 3.01. The van der Waals surface area contributed by atoms with Gasteiger partial charge in [-0.05, 0) is 55.4 Å². The van der Waals surface area contributed by atoms with Crippen molar-refractivity contribution < 1.29 is 45.9 Å². The van der Waals surface area contributed by atoms with Crippen LogP contribution in [0.15, 0.2) is 24.3 Å². The minimum absolute atomic E-state index is 0.00472. The lowest BCUT2D eigenvalue weighted by Crippen LogP contribution is -2.36. The molecule has 0 unspecified atom stereocenters. The third kappa shape index (κ3) is 14.9. The summed E-state index contributed by atoms with van der Waals surface area (Å²) in [7, 11) is -5.17. The Labute approximate surface area is 289 Å². The van der Waals surface area contributed by atoms with E-state index in [4.69, 9.17) is 45.9 Å². The molecule has 2 aromatic carbocycles. The van der Waals surface area contributed by atoms with Gasteiger partial charge in [-0.2, -0.15) is 0 Å². The Hall–Kier alpha value is -4.13. The minimum atomic E-state index is -5.17. The molecule has 0 amide bonds. The summed E-state index contributed by atoms with van der Waals surface area (Å²) in [6.45, 7) is 21.6. The topological polar surface area (TPSA) is 198 Å². The predicted octanol–water partition coefficient (Wildman–Crippen LogP) is 5.83. The van der Waals surface area contributed by atoms with Crippen molar-refractivity contribution in [2.45, 2.75) is 79.8 Å². The van der Waals surface area contributed by atoms with Gasteiger partial charge in [0.25, 0.3) is 0 Å². The van der Waals surface area contributed by atoms with Gasteiger partial charge in [-0.25, -0.2) is 0 Å². The van der Waals surface area contributed by atoms with Crippen LogP contribution in [0.5, 0.6) is 23.0 Å². The fourth-order valence-electron chi connectivity index (χ4n) is 4.73. The molecule has 0 radical (unpaired) electrons. The molecule has 0 aromatic heterocycles. The third-order valence-corrected chi connectivity index (χ3v) is 6.45. The summed E-state index contributed by atoms with van der Waals surface area (Å²) in [6.07, 6.45) is 0.0520. The number of ether oxygens (including phenoxy) is 6. The van der Waals surface area contributed by atoms with Crippen LogP contribution in [0.3, 0.4) is 0 Å². The quantitative estimate of drug-likeness (QED) is 0.162. The van der Waals surface area contributed by atoms with Crippen molar-refractivity contribution in [3.05, 3.63) is 34.2 Å². The van der Waals surface area contributed by atoms with E-state index in [0.29, 0.717) is 60.8 Å². The highest BCUT2D eigenvalue weighted by Crippen LogP contribution is 2.42. The Balaban J connectivity index is 0.000000299. The Morgan fingerprint density at radius 1 is 0.592 bits per heavy atom. The number of hydrogen-bond acceptors (Lipinski definition) is 14. The van der Waals surface area contributed by atoms with Crippen molar-refractivity contribution >= 4 is 33.1 Å². The lowest BCUT2D eigenvalue weighted by Gasteiger charge is -2.30. The molecule has 272 valence electrons. The van der Waals surface area contributed by atoms with Crippen molar-refractivity contribution in [2.24, 2.45) is 0 Å². The number of anilines is 2. The van der Waals surface area contributed by atoms with Crippen molar-refractivity contribution in [3.8, 4) is 23.0 Å². The number of rotatable bonds is 10. The molecule has 0 aliphatic carbocycles. The molecule has 17 heteroatoms. The Morgan fingerprint density at radius 3 is 1.10 bits per heavy atom. The second-order valence-electron chi connectivity index (χ2n) is 12.0. The van der Waals surface area contributed by atoms with E-state index in [1.54, 1.807) is 12.1 Å². The summed E-state index contributed by atoms with van der Waals surface area (Å²) in [6, 6.07) is 7.22. The van der Waals surface area contributed by atoms with Crippen LogP contribution in [-0.2, 0) is 19.9 Å². The lowest BCUT2D eigenvalue weighted by molar-refractivity contribution is 0.122. The van der Waals surface area contributed by atoms with E-state index in [0.717, 1.165) is 37.6 Å². The largest absolute Gasteiger partial charge is 0.759 e. The zero-order valence-corrected chi connectivity index (χ0v) is 30.3. The minimum Gasteiger partial charge on any atom is -0.759 e. The highest BCUT2D eigenvalue weighted by molar-refractivity contribution is 7.79. The second-order valence-corrected chi connectivity index (χ2v) is 12.9. The molecule has 2 aliphatic rings. The molecule has 0 atom stereocenters. The van der Waals surface area contributed by atoms with Gasteiger partial charge < -0.3 is 47.3 Å². The SMILES string of the molecule is CC(C)Oc1cc(N2CCOCC2)c(OC(C)C)cc1[N+]#N.CC(C)Oc1cc(N2CCOCC2)c(OC(C)C)cc1[N+]#N.O=S(=O)([O-])[O-]. The van der Waals surface area contributed by atoms with Gasteiger partial charge in [0.2, 0.25) is 22.3 Å². The predicted molar refractivity (Wildman–Crippen MR) is 182 cm³/mol. The Bertz CT molecular complexity index is 1420. The highest BCUT2D eigenvalue weighted by Gasteiger charge is 2.27. The number of hydrogen-bond donors (Lipinski definition) is 0. The molecule has 49 heavy (non-hydrogen) atoms. The maximum absolute atomic E-state index is 9.25. The molecule has 0 saturated carbocycles. The first-order valence-corrected chi connectivity index (χ1v) is 17.4. The van der Waals surface area contributed by atoms with Crippen LogP contribution < -0.4 is 28.7 Å². The van der Waals surface area contributed by atoms with Crippen LogP contribution in [0.2, 0.25) is 0 Å². The summed E-state index contributed by atoms with van der Waals surface area (Å²) < 4.78 is 68.2. The molecule has 0 spiro atoms. The molecule has 2 heterocycles. The van der Waals surface area contributed by atoms with E-state index in [1.807, 2.05) is 67.5 Å². The van der Waals surface area contributed by atoms with Gasteiger partial charge >= 0.3 is 11.4 Å². The first kappa shape index (κ1) is 41.0. The monoisotopic (exact) mass is 708 g/mol. The third-order valence-electron chi connectivity index (χ3n) is 6.45. The van der Waals surface area contributed by atoms with E-state index in [2.05, 4.69) is 19.8 Å². The Kier molecular flexibility index (Phi) is 16.6. The summed E-state index contributed by atoms with van der Waals surface area (Å²) in [5.74, 6) is 2.49. The van der Waals surface area contributed by atoms with Crippen LogP contribution in [0.4, 0.5) is 22.7 Å². The smallest absolute Gasteiger partial charge is 0.430 e. The lowest BCUT2D eigenvalue weighted by atomic mass is 10.2. The van der Waals surface area contributed by atoms with Gasteiger partial charge in [-0.3, -0.25) is 8.42 Å². The van der Waals surface area contributed by atoms with Gasteiger partial charge in [0.15, 0.2) is 21.5 Å². The number of morpholine rings is 2. The van der Waals surface area contributed by atoms with Gasteiger partial charge in [-0.1, -0.05) is 0 Å². The first-order chi connectivity index (χ1) is 23.0. The van der Waals surface area contributed by atoms with Crippen molar-refractivity contribution in [1.82, 2.24) is 0 Å². The molecule has 2 fully saturated rings. The molecule has 4 rings (SSSR count). The van der Waals surface area contributed by atoms with Crippen LogP contribution in [0.1, 0.15) is 55.4 Å². The van der Waals surface area contributed by atoms with Gasteiger partial charge in [0.1, 0.15) is 0 Å². The molecular formula is C32H48N6O10S. The molecular weight excluding hydrogens is 660 g/mol. The molecule has 2 saturated heterocycles. The first-order valence-electron chi connectivity index (χ1n) is 16.1. The number of benzene rings is 2.